The summed E-state index contributed by atoms with van der Waals surface area (Å²) < 4.78 is 44.1. The highest BCUT2D eigenvalue weighted by Gasteiger charge is 2.84. The molecule has 3 atom stereocenters. The van der Waals surface area contributed by atoms with Gasteiger partial charge in [0.05, 0.1) is 6.33 Å². The Morgan fingerprint density at radius 2 is 2.03 bits per heavy atom. The fraction of sp³-hybridized carbons (Fsp3) is 0.400. The topological polar surface area (TPSA) is 67.0 Å². The molecule has 2 aliphatic carbocycles. The molecular formula is C25H26ClFN4O2S. The van der Waals surface area contributed by atoms with Gasteiger partial charge in [0.15, 0.2) is 5.03 Å². The van der Waals surface area contributed by atoms with Crippen molar-refractivity contribution in [1.82, 2.24) is 19.2 Å². The monoisotopic (exact) mass is 500 g/mol. The highest BCUT2D eigenvalue weighted by Crippen LogP contribution is 2.76. The van der Waals surface area contributed by atoms with E-state index in [1.54, 1.807) is 17.7 Å². The molecule has 0 amide bonds. The van der Waals surface area contributed by atoms with E-state index in [1.807, 2.05) is 24.3 Å². The molecule has 3 aromatic rings. The molecule has 1 saturated carbocycles. The number of likely N-dealkylation sites (tertiary alicyclic amines) is 1. The minimum absolute atomic E-state index is 0.0370. The van der Waals surface area contributed by atoms with Crippen LogP contribution in [0.4, 0.5) is 4.39 Å². The summed E-state index contributed by atoms with van der Waals surface area (Å²) in [7, 11) is 0.133. The number of hydrogen-bond donors (Lipinski definition) is 1. The van der Waals surface area contributed by atoms with Crippen LogP contribution in [0.2, 0.25) is 5.02 Å². The number of likely N-dealkylation sites (N-methyl/N-ethyl adjacent to an activating group) is 1. The number of rotatable bonds is 7. The molecule has 1 N–H and O–H groups in total. The number of fused-ring (bicyclic) bond motifs is 4. The Hall–Kier alpha value is -2.26. The summed E-state index contributed by atoms with van der Waals surface area (Å²) in [5, 5.41) is 0.688. The van der Waals surface area contributed by atoms with Crippen LogP contribution in [0.3, 0.4) is 0 Å². The van der Waals surface area contributed by atoms with Gasteiger partial charge in [0.25, 0.3) is 10.0 Å². The van der Waals surface area contributed by atoms with Gasteiger partial charge < -0.3 is 4.57 Å². The third-order valence-electron chi connectivity index (χ3n) is 7.88. The quantitative estimate of drug-likeness (QED) is 0.505. The number of imidazole rings is 1. The zero-order chi connectivity index (χ0) is 23.8. The second-order valence-corrected chi connectivity index (χ2v) is 12.0. The van der Waals surface area contributed by atoms with E-state index in [1.165, 1.54) is 23.7 Å². The van der Waals surface area contributed by atoms with Gasteiger partial charge in [-0.1, -0.05) is 29.8 Å². The number of nitrogens with one attached hydrogen (secondary N) is 1. The smallest absolute Gasteiger partial charge is 0.259 e. The summed E-state index contributed by atoms with van der Waals surface area (Å²) in [4.78, 5) is 6.29. The molecule has 1 aromatic heterocycles. The number of hydrogen-bond acceptors (Lipinski definition) is 4. The maximum absolute atomic E-state index is 15.0. The Morgan fingerprint density at radius 1 is 1.24 bits per heavy atom. The van der Waals surface area contributed by atoms with Crippen LogP contribution in [0, 0.1) is 11.2 Å². The highest BCUT2D eigenvalue weighted by atomic mass is 35.5. The number of nitrogens with zero attached hydrogens (tertiary/aromatic N) is 3. The van der Waals surface area contributed by atoms with Crippen molar-refractivity contribution in [3.05, 3.63) is 82.0 Å². The lowest BCUT2D eigenvalue weighted by atomic mass is 9.81. The zero-order valence-electron chi connectivity index (χ0n) is 19.0. The largest absolute Gasteiger partial charge is 0.339 e. The van der Waals surface area contributed by atoms with Crippen molar-refractivity contribution in [3.8, 4) is 0 Å². The van der Waals surface area contributed by atoms with Gasteiger partial charge in [-0.05, 0) is 72.7 Å². The lowest BCUT2D eigenvalue weighted by Gasteiger charge is -2.29. The van der Waals surface area contributed by atoms with Crippen molar-refractivity contribution in [2.24, 2.45) is 12.5 Å². The van der Waals surface area contributed by atoms with Crippen LogP contribution in [-0.2, 0) is 36.3 Å². The Balaban J connectivity index is 1.24. The highest BCUT2D eigenvalue weighted by molar-refractivity contribution is 7.89. The molecule has 2 aromatic carbocycles. The fourth-order valence-corrected chi connectivity index (χ4v) is 7.49. The van der Waals surface area contributed by atoms with Crippen LogP contribution in [-0.4, -0.2) is 48.5 Å². The average molecular weight is 501 g/mol. The molecule has 1 saturated heterocycles. The van der Waals surface area contributed by atoms with Crippen LogP contribution in [0.25, 0.3) is 0 Å². The number of sulfonamides is 1. The van der Waals surface area contributed by atoms with Crippen LogP contribution < -0.4 is 4.72 Å². The van der Waals surface area contributed by atoms with Gasteiger partial charge in [0.2, 0.25) is 0 Å². The number of halogens is 2. The SMILES string of the molecule is CN1C2C1C21Cc2cc(F)c(CCNS(=O)(=O)c3cn(C)cn3)cc2C1Cc1cccc(Cl)c1. The summed E-state index contributed by atoms with van der Waals surface area (Å²) in [6.07, 6.45) is 4.91. The van der Waals surface area contributed by atoms with Crippen LogP contribution in [0.5, 0.6) is 0 Å². The summed E-state index contributed by atoms with van der Waals surface area (Å²) in [6, 6.07) is 12.8. The second kappa shape index (κ2) is 7.62. The van der Waals surface area contributed by atoms with E-state index in [9.17, 15) is 8.42 Å². The maximum atomic E-state index is 15.0. The van der Waals surface area contributed by atoms with E-state index >= 15 is 4.39 Å². The molecular weight excluding hydrogens is 475 g/mol. The molecule has 1 aliphatic heterocycles. The minimum atomic E-state index is -3.73. The Bertz CT molecular complexity index is 1400. The van der Waals surface area contributed by atoms with Crippen molar-refractivity contribution in [2.75, 3.05) is 13.6 Å². The Morgan fingerprint density at radius 3 is 2.71 bits per heavy atom. The van der Waals surface area contributed by atoms with E-state index in [2.05, 4.69) is 27.7 Å². The first-order chi connectivity index (χ1) is 16.2. The summed E-state index contributed by atoms with van der Waals surface area (Å²) >= 11 is 6.24. The van der Waals surface area contributed by atoms with E-state index in [0.29, 0.717) is 23.6 Å². The third-order valence-corrected chi connectivity index (χ3v) is 9.46. The van der Waals surface area contributed by atoms with Crippen molar-refractivity contribution < 1.29 is 12.8 Å². The van der Waals surface area contributed by atoms with Gasteiger partial charge in [-0.25, -0.2) is 22.5 Å². The lowest BCUT2D eigenvalue weighted by molar-refractivity contribution is 0.226. The number of benzene rings is 2. The second-order valence-electron chi connectivity index (χ2n) is 9.90. The first-order valence-electron chi connectivity index (χ1n) is 11.5. The molecule has 2 heterocycles. The standard InChI is InChI=1S/C25H26ClFN4O2S/c1-30-13-22(28-14-30)34(32,33)29-7-6-16-10-19-17(11-21(16)27)12-25(23-24(25)31(23)2)20(19)9-15-4-3-5-18(26)8-15/h3-5,8,10-11,13-14,20,23-24,29H,6-7,9,12H2,1-2H3. The van der Waals surface area contributed by atoms with Crippen molar-refractivity contribution in [1.29, 1.82) is 0 Å². The average Bonchev–Trinajstić information content (AvgIpc) is 3.53. The minimum Gasteiger partial charge on any atom is -0.339 e. The van der Waals surface area contributed by atoms with Gasteiger partial charge in [0.1, 0.15) is 5.82 Å². The first-order valence-corrected chi connectivity index (χ1v) is 13.3. The van der Waals surface area contributed by atoms with Gasteiger partial charge in [-0.15, -0.1) is 0 Å². The van der Waals surface area contributed by atoms with Gasteiger partial charge in [0, 0.05) is 42.3 Å². The van der Waals surface area contributed by atoms with Crippen LogP contribution in [0.1, 0.15) is 28.2 Å². The summed E-state index contributed by atoms with van der Waals surface area (Å²) in [5.41, 5.74) is 4.20. The van der Waals surface area contributed by atoms with Crippen molar-refractivity contribution in [3.63, 3.8) is 0 Å². The zero-order valence-corrected chi connectivity index (χ0v) is 20.6. The predicted octanol–water partition coefficient (Wildman–Crippen LogP) is 3.30. The molecule has 2 fully saturated rings. The summed E-state index contributed by atoms with van der Waals surface area (Å²) in [6.45, 7) is 0.104. The van der Waals surface area contributed by atoms with Crippen LogP contribution >= 0.6 is 11.6 Å². The predicted molar refractivity (Wildman–Crippen MR) is 128 cm³/mol. The van der Waals surface area contributed by atoms with Crippen LogP contribution in [0.15, 0.2) is 53.9 Å². The molecule has 178 valence electrons. The molecule has 6 rings (SSSR count). The Kier molecular flexibility index (Phi) is 4.98. The summed E-state index contributed by atoms with van der Waals surface area (Å²) in [5.74, 6) is 0.0359. The molecule has 1 spiro atoms. The van der Waals surface area contributed by atoms with Gasteiger partial charge in [-0.3, -0.25) is 4.90 Å². The first kappa shape index (κ1) is 22.2. The normalized spacial score (nSPS) is 28.7. The van der Waals surface area contributed by atoms with Gasteiger partial charge in [-0.2, -0.15) is 0 Å². The molecule has 0 bridgehead atoms. The Labute approximate surface area is 203 Å². The molecule has 3 unspecified atom stereocenters. The fourth-order valence-electron chi connectivity index (χ4n) is 6.27. The maximum Gasteiger partial charge on any atom is 0.259 e. The van der Waals surface area contributed by atoms with Gasteiger partial charge >= 0.3 is 0 Å². The van der Waals surface area contributed by atoms with E-state index < -0.39 is 10.0 Å². The molecule has 9 heteroatoms. The van der Waals surface area contributed by atoms with Crippen molar-refractivity contribution >= 4 is 21.6 Å². The molecule has 3 aliphatic rings. The van der Waals surface area contributed by atoms with E-state index in [0.717, 1.165) is 23.4 Å². The lowest BCUT2D eigenvalue weighted by Crippen LogP contribution is -2.31. The molecule has 34 heavy (non-hydrogen) atoms. The molecule has 0 radical (unpaired) electrons. The molecule has 6 nitrogen and oxygen atoms in total. The van der Waals surface area contributed by atoms with E-state index in [4.69, 9.17) is 11.6 Å². The van der Waals surface area contributed by atoms with E-state index in [-0.39, 0.29) is 29.2 Å². The van der Waals surface area contributed by atoms with Crippen molar-refractivity contribution in [2.45, 2.75) is 42.3 Å². The number of aromatic nitrogens is 2. The number of aryl methyl sites for hydroxylation is 1. The third kappa shape index (κ3) is 3.42.